The van der Waals surface area contributed by atoms with Gasteiger partial charge in [-0.05, 0) is 37.0 Å². The summed E-state index contributed by atoms with van der Waals surface area (Å²) in [6.07, 6.45) is 4.26. The molecule has 1 aromatic carbocycles. The summed E-state index contributed by atoms with van der Waals surface area (Å²) in [5.74, 6) is 2.12. The molecular formula is C14H22N2OS. The Morgan fingerprint density at radius 1 is 1.44 bits per heavy atom. The van der Waals surface area contributed by atoms with E-state index >= 15 is 0 Å². The number of fused-ring (bicyclic) bond motifs is 1. The molecule has 1 aliphatic rings. The number of benzene rings is 1. The maximum absolute atomic E-state index is 6.20. The highest BCUT2D eigenvalue weighted by Crippen LogP contribution is 2.30. The molecule has 0 aliphatic carbocycles. The van der Waals surface area contributed by atoms with Gasteiger partial charge in [0.1, 0.15) is 5.75 Å². The second-order valence-corrected chi connectivity index (χ2v) is 5.64. The fourth-order valence-electron chi connectivity index (χ4n) is 2.23. The molecule has 2 rings (SSSR count). The second kappa shape index (κ2) is 6.90. The number of hydrogen-bond donors (Lipinski definition) is 1. The molecule has 0 fully saturated rings. The molecule has 0 saturated heterocycles. The fourth-order valence-corrected chi connectivity index (χ4v) is 2.77. The first kappa shape index (κ1) is 13.6. The third-order valence-electron chi connectivity index (χ3n) is 3.18. The number of anilines is 1. The molecule has 0 radical (unpaired) electrons. The largest absolute Gasteiger partial charge is 0.491 e. The van der Waals surface area contributed by atoms with Crippen molar-refractivity contribution in [2.45, 2.75) is 18.9 Å². The minimum Gasteiger partial charge on any atom is -0.491 e. The van der Waals surface area contributed by atoms with Crippen LogP contribution in [0, 0.1) is 0 Å². The molecule has 1 heterocycles. The van der Waals surface area contributed by atoms with Gasteiger partial charge < -0.3 is 15.4 Å². The van der Waals surface area contributed by atoms with Crippen LogP contribution in [0.25, 0.3) is 0 Å². The van der Waals surface area contributed by atoms with Gasteiger partial charge in [0.15, 0.2) is 0 Å². The Morgan fingerprint density at radius 3 is 3.11 bits per heavy atom. The van der Waals surface area contributed by atoms with Gasteiger partial charge in [0.25, 0.3) is 0 Å². The van der Waals surface area contributed by atoms with Crippen LogP contribution >= 0.6 is 11.8 Å². The average molecular weight is 266 g/mol. The summed E-state index contributed by atoms with van der Waals surface area (Å²) >= 11 is 1.86. The second-order valence-electron chi connectivity index (χ2n) is 4.66. The summed E-state index contributed by atoms with van der Waals surface area (Å²) in [6, 6.07) is 8.50. The van der Waals surface area contributed by atoms with Crippen LogP contribution in [0.2, 0.25) is 0 Å². The Kier molecular flexibility index (Phi) is 5.20. The summed E-state index contributed by atoms with van der Waals surface area (Å²) < 4.78 is 5.75. The van der Waals surface area contributed by atoms with E-state index in [1.807, 2.05) is 23.9 Å². The molecule has 1 atom stereocenters. The molecule has 0 bridgehead atoms. The lowest BCUT2D eigenvalue weighted by atomic mass is 10.2. The van der Waals surface area contributed by atoms with Crippen molar-refractivity contribution in [1.29, 1.82) is 0 Å². The molecule has 2 N–H and O–H groups in total. The van der Waals surface area contributed by atoms with Gasteiger partial charge in [-0.2, -0.15) is 11.8 Å². The summed E-state index contributed by atoms with van der Waals surface area (Å²) in [5.41, 5.74) is 7.39. The smallest absolute Gasteiger partial charge is 0.142 e. The molecule has 0 aromatic heterocycles. The molecule has 0 unspecified atom stereocenters. The van der Waals surface area contributed by atoms with Crippen LogP contribution in [0.4, 0.5) is 5.69 Å². The van der Waals surface area contributed by atoms with Crippen molar-refractivity contribution < 1.29 is 4.74 Å². The van der Waals surface area contributed by atoms with Crippen LogP contribution in [-0.4, -0.2) is 37.7 Å². The summed E-state index contributed by atoms with van der Waals surface area (Å²) in [6.45, 7) is 2.75. The van der Waals surface area contributed by atoms with Crippen LogP contribution in [-0.2, 0) is 0 Å². The molecule has 3 nitrogen and oxygen atoms in total. The zero-order valence-electron chi connectivity index (χ0n) is 11.0. The zero-order chi connectivity index (χ0) is 12.8. The standard InChI is InChI=1S/C14H22N2OS/c1-18-10-7-12(15)11-16-8-4-9-17-14-6-3-2-5-13(14)16/h2-3,5-6,12H,4,7-11,15H2,1H3/t12-/m0/s1. The van der Waals surface area contributed by atoms with Crippen molar-refractivity contribution in [2.24, 2.45) is 5.73 Å². The number of nitrogens with two attached hydrogens (primary N) is 1. The van der Waals surface area contributed by atoms with E-state index in [1.54, 1.807) is 0 Å². The molecule has 1 aliphatic heterocycles. The highest BCUT2D eigenvalue weighted by molar-refractivity contribution is 7.98. The fraction of sp³-hybridized carbons (Fsp3) is 0.571. The number of hydrogen-bond acceptors (Lipinski definition) is 4. The van der Waals surface area contributed by atoms with Crippen LogP contribution in [0.15, 0.2) is 24.3 Å². The van der Waals surface area contributed by atoms with Crippen LogP contribution in [0.1, 0.15) is 12.8 Å². The summed E-state index contributed by atoms with van der Waals surface area (Å²) in [7, 11) is 0. The number of rotatable bonds is 5. The molecule has 18 heavy (non-hydrogen) atoms. The number of nitrogens with zero attached hydrogens (tertiary/aromatic N) is 1. The topological polar surface area (TPSA) is 38.5 Å². The lowest BCUT2D eigenvalue weighted by Crippen LogP contribution is -2.38. The lowest BCUT2D eigenvalue weighted by molar-refractivity contribution is 0.322. The molecule has 0 saturated carbocycles. The monoisotopic (exact) mass is 266 g/mol. The van der Waals surface area contributed by atoms with Crippen molar-refractivity contribution >= 4 is 17.4 Å². The van der Waals surface area contributed by atoms with E-state index in [0.717, 1.165) is 44.0 Å². The van der Waals surface area contributed by atoms with Gasteiger partial charge in [0, 0.05) is 19.1 Å². The minimum atomic E-state index is 0.239. The number of ether oxygens (including phenoxy) is 1. The van der Waals surface area contributed by atoms with Crippen LogP contribution < -0.4 is 15.4 Å². The van der Waals surface area contributed by atoms with Crippen LogP contribution in [0.3, 0.4) is 0 Å². The van der Waals surface area contributed by atoms with Crippen molar-refractivity contribution in [1.82, 2.24) is 0 Å². The molecule has 0 amide bonds. The maximum Gasteiger partial charge on any atom is 0.142 e. The van der Waals surface area contributed by atoms with E-state index in [-0.39, 0.29) is 6.04 Å². The first-order chi connectivity index (χ1) is 8.81. The Hall–Kier alpha value is -0.870. The maximum atomic E-state index is 6.20. The van der Waals surface area contributed by atoms with Crippen molar-refractivity contribution in [3.8, 4) is 5.75 Å². The van der Waals surface area contributed by atoms with Crippen molar-refractivity contribution in [3.05, 3.63) is 24.3 Å². The first-order valence-corrected chi connectivity index (χ1v) is 7.92. The Balaban J connectivity index is 2.03. The SMILES string of the molecule is CSCC[C@H](N)CN1CCCOc2ccccc21. The van der Waals surface area contributed by atoms with Gasteiger partial charge in [-0.1, -0.05) is 12.1 Å². The van der Waals surface area contributed by atoms with Gasteiger partial charge in [-0.3, -0.25) is 0 Å². The van der Waals surface area contributed by atoms with E-state index in [0.29, 0.717) is 0 Å². The van der Waals surface area contributed by atoms with E-state index < -0.39 is 0 Å². The van der Waals surface area contributed by atoms with Crippen molar-refractivity contribution in [3.63, 3.8) is 0 Å². The van der Waals surface area contributed by atoms with Gasteiger partial charge in [0.2, 0.25) is 0 Å². The number of para-hydroxylation sites is 2. The van der Waals surface area contributed by atoms with Gasteiger partial charge >= 0.3 is 0 Å². The molecule has 1 aromatic rings. The van der Waals surface area contributed by atoms with E-state index in [4.69, 9.17) is 10.5 Å². The number of thioether (sulfide) groups is 1. The third-order valence-corrected chi connectivity index (χ3v) is 3.83. The summed E-state index contributed by atoms with van der Waals surface area (Å²) in [5, 5.41) is 0. The molecule has 4 heteroatoms. The quantitative estimate of drug-likeness (QED) is 0.888. The summed E-state index contributed by atoms with van der Waals surface area (Å²) in [4.78, 5) is 2.37. The predicted octanol–water partition coefficient (Wildman–Crippen LogP) is 2.36. The third kappa shape index (κ3) is 3.56. The molecule has 100 valence electrons. The Labute approximate surface area is 114 Å². The minimum absolute atomic E-state index is 0.239. The van der Waals surface area contributed by atoms with Crippen LogP contribution in [0.5, 0.6) is 5.75 Å². The highest BCUT2D eigenvalue weighted by atomic mass is 32.2. The first-order valence-electron chi connectivity index (χ1n) is 6.52. The van der Waals surface area contributed by atoms with Gasteiger partial charge in [-0.15, -0.1) is 0 Å². The Morgan fingerprint density at radius 2 is 2.28 bits per heavy atom. The zero-order valence-corrected chi connectivity index (χ0v) is 11.8. The lowest BCUT2D eigenvalue weighted by Gasteiger charge is -2.26. The normalized spacial score (nSPS) is 16.7. The molecule has 0 spiro atoms. The highest BCUT2D eigenvalue weighted by Gasteiger charge is 2.17. The van der Waals surface area contributed by atoms with Gasteiger partial charge in [0.05, 0.1) is 12.3 Å². The average Bonchev–Trinajstić information content (AvgIpc) is 2.59. The predicted molar refractivity (Wildman–Crippen MR) is 79.7 cm³/mol. The van der Waals surface area contributed by atoms with E-state index in [2.05, 4.69) is 23.3 Å². The van der Waals surface area contributed by atoms with Gasteiger partial charge in [-0.25, -0.2) is 0 Å². The Bertz CT molecular complexity index is 373. The van der Waals surface area contributed by atoms with Crippen molar-refractivity contribution in [2.75, 3.05) is 36.6 Å². The van der Waals surface area contributed by atoms with E-state index in [9.17, 15) is 0 Å². The molecular weight excluding hydrogens is 244 g/mol. The van der Waals surface area contributed by atoms with E-state index in [1.165, 1.54) is 5.69 Å².